The first-order valence-electron chi connectivity index (χ1n) is 5.59. The highest BCUT2D eigenvalue weighted by molar-refractivity contribution is 9.10. The molecule has 0 saturated carbocycles. The Kier molecular flexibility index (Phi) is 4.65. The van der Waals surface area contributed by atoms with Gasteiger partial charge in [0.15, 0.2) is 0 Å². The largest absolute Gasteiger partial charge is 0.334 e. The van der Waals surface area contributed by atoms with Crippen LogP contribution >= 0.6 is 27.5 Å². The summed E-state index contributed by atoms with van der Waals surface area (Å²) < 4.78 is 35.9. The topological polar surface area (TPSA) is 63.2 Å². The lowest BCUT2D eigenvalue weighted by molar-refractivity contribution is 0.102. The third-order valence-electron chi connectivity index (χ3n) is 2.57. The third kappa shape index (κ3) is 3.81. The molecular formula is C13H8BrClFNO3S. The second-order valence-electron chi connectivity index (χ2n) is 4.01. The second kappa shape index (κ2) is 6.13. The first-order chi connectivity index (χ1) is 9.79. The highest BCUT2D eigenvalue weighted by Gasteiger charge is 2.19. The fraction of sp³-hybridized carbons (Fsp3) is 0. The molecule has 0 aliphatic rings. The average Bonchev–Trinajstić information content (AvgIpc) is 2.41. The van der Waals surface area contributed by atoms with Gasteiger partial charge in [0.05, 0.1) is 16.3 Å². The number of hydrogen-bond donors (Lipinski definition) is 1. The van der Waals surface area contributed by atoms with Gasteiger partial charge in [-0.05, 0) is 30.3 Å². The molecule has 8 heteroatoms. The van der Waals surface area contributed by atoms with Crippen LogP contribution in [0.2, 0.25) is 5.02 Å². The fourth-order valence-electron chi connectivity index (χ4n) is 1.64. The summed E-state index contributed by atoms with van der Waals surface area (Å²) in [5.41, 5.74) is -0.0156. The highest BCUT2D eigenvalue weighted by atomic mass is 79.9. The Morgan fingerprint density at radius 3 is 2.52 bits per heavy atom. The number of halogens is 3. The van der Waals surface area contributed by atoms with Crippen LogP contribution in [0.5, 0.6) is 0 Å². The van der Waals surface area contributed by atoms with Crippen LogP contribution in [0, 0.1) is 0 Å². The van der Waals surface area contributed by atoms with Gasteiger partial charge < -0.3 is 5.32 Å². The molecule has 2 rings (SSSR count). The van der Waals surface area contributed by atoms with Crippen molar-refractivity contribution in [3.63, 3.8) is 0 Å². The first kappa shape index (κ1) is 15.9. The summed E-state index contributed by atoms with van der Waals surface area (Å²) in [5, 5.41) is 2.53. The predicted molar refractivity (Wildman–Crippen MR) is 81.8 cm³/mol. The van der Waals surface area contributed by atoms with Crippen molar-refractivity contribution < 1.29 is 17.1 Å². The van der Waals surface area contributed by atoms with E-state index in [1.165, 1.54) is 30.3 Å². The molecule has 0 unspecified atom stereocenters. The van der Waals surface area contributed by atoms with E-state index in [-0.39, 0.29) is 16.3 Å². The number of benzene rings is 2. The highest BCUT2D eigenvalue weighted by Crippen LogP contribution is 2.26. The van der Waals surface area contributed by atoms with Crippen molar-refractivity contribution >= 4 is 49.3 Å². The van der Waals surface area contributed by atoms with Crippen LogP contribution in [0.1, 0.15) is 10.4 Å². The molecule has 0 spiro atoms. The van der Waals surface area contributed by atoms with Crippen molar-refractivity contribution in [1.29, 1.82) is 0 Å². The Labute approximate surface area is 134 Å². The second-order valence-corrected chi connectivity index (χ2v) is 6.65. The Morgan fingerprint density at radius 2 is 1.86 bits per heavy atom. The normalized spacial score (nSPS) is 11.2. The van der Waals surface area contributed by atoms with Crippen LogP contribution in [-0.4, -0.2) is 14.3 Å². The monoisotopic (exact) mass is 391 g/mol. The fourth-order valence-corrected chi connectivity index (χ4v) is 2.83. The third-order valence-corrected chi connectivity index (χ3v) is 4.28. The molecule has 0 saturated heterocycles. The lowest BCUT2D eigenvalue weighted by Crippen LogP contribution is -2.14. The smallest absolute Gasteiger partial charge is 0.321 e. The summed E-state index contributed by atoms with van der Waals surface area (Å²) in [7, 11) is -4.94. The van der Waals surface area contributed by atoms with Gasteiger partial charge in [-0.15, -0.1) is 3.89 Å². The van der Waals surface area contributed by atoms with Crippen molar-refractivity contribution in [2.45, 2.75) is 4.90 Å². The summed E-state index contributed by atoms with van der Waals surface area (Å²) in [6.45, 7) is 0. The number of nitrogens with one attached hydrogen (secondary N) is 1. The average molecular weight is 393 g/mol. The Morgan fingerprint density at radius 1 is 1.19 bits per heavy atom. The number of rotatable bonds is 3. The number of anilines is 1. The van der Waals surface area contributed by atoms with E-state index in [9.17, 15) is 17.1 Å². The van der Waals surface area contributed by atoms with Crippen LogP contribution < -0.4 is 5.32 Å². The van der Waals surface area contributed by atoms with E-state index in [2.05, 4.69) is 21.2 Å². The summed E-state index contributed by atoms with van der Waals surface area (Å²) >= 11 is 9.11. The van der Waals surface area contributed by atoms with E-state index in [0.717, 1.165) is 6.07 Å². The van der Waals surface area contributed by atoms with E-state index >= 15 is 0 Å². The molecule has 0 fully saturated rings. The lowest BCUT2D eigenvalue weighted by Gasteiger charge is -2.09. The summed E-state index contributed by atoms with van der Waals surface area (Å²) in [6.07, 6.45) is 0. The molecule has 1 amide bonds. The molecule has 0 heterocycles. The van der Waals surface area contributed by atoms with Gasteiger partial charge in [-0.2, -0.15) is 8.42 Å². The van der Waals surface area contributed by atoms with Crippen LogP contribution in [0.25, 0.3) is 0 Å². The summed E-state index contributed by atoms with van der Waals surface area (Å²) in [4.78, 5) is 11.5. The molecule has 0 radical (unpaired) electrons. The molecule has 0 atom stereocenters. The predicted octanol–water partition coefficient (Wildman–Crippen LogP) is 4.01. The molecule has 2 aromatic carbocycles. The molecule has 110 valence electrons. The van der Waals surface area contributed by atoms with Crippen molar-refractivity contribution in [3.8, 4) is 0 Å². The van der Waals surface area contributed by atoms with Gasteiger partial charge in [0.25, 0.3) is 5.91 Å². The minimum absolute atomic E-state index is 0.136. The number of hydrogen-bond acceptors (Lipinski definition) is 3. The molecular weight excluding hydrogens is 385 g/mol. The van der Waals surface area contributed by atoms with Crippen molar-refractivity contribution in [2.75, 3.05) is 5.32 Å². The van der Waals surface area contributed by atoms with Gasteiger partial charge in [-0.1, -0.05) is 39.7 Å². The first-order valence-corrected chi connectivity index (χ1v) is 8.14. The van der Waals surface area contributed by atoms with Crippen molar-refractivity contribution in [3.05, 3.63) is 57.5 Å². The summed E-state index contributed by atoms with van der Waals surface area (Å²) in [6, 6.07) is 9.83. The molecule has 0 aliphatic carbocycles. The van der Waals surface area contributed by atoms with E-state index in [1.807, 2.05) is 0 Å². The molecule has 1 N–H and O–H groups in total. The van der Waals surface area contributed by atoms with Crippen LogP contribution in [0.15, 0.2) is 51.8 Å². The SMILES string of the molecule is O=C(Nc1ccccc1S(=O)(=O)F)c1cc(Br)ccc1Cl. The minimum Gasteiger partial charge on any atom is -0.321 e. The minimum atomic E-state index is -4.94. The van der Waals surface area contributed by atoms with Gasteiger partial charge in [0, 0.05) is 4.47 Å². The Bertz CT molecular complexity index is 811. The van der Waals surface area contributed by atoms with E-state index < -0.39 is 21.0 Å². The van der Waals surface area contributed by atoms with Gasteiger partial charge in [-0.25, -0.2) is 0 Å². The molecule has 4 nitrogen and oxygen atoms in total. The van der Waals surface area contributed by atoms with Gasteiger partial charge in [0.1, 0.15) is 4.90 Å². The maximum Gasteiger partial charge on any atom is 0.334 e. The zero-order valence-electron chi connectivity index (χ0n) is 10.3. The molecule has 0 aromatic heterocycles. The summed E-state index contributed by atoms with van der Waals surface area (Å²) in [5.74, 6) is -0.641. The number of amides is 1. The van der Waals surface area contributed by atoms with Crippen molar-refractivity contribution in [1.82, 2.24) is 0 Å². The number of para-hydroxylation sites is 1. The van der Waals surface area contributed by atoms with Gasteiger partial charge in [0.2, 0.25) is 0 Å². The maximum absolute atomic E-state index is 13.2. The number of carbonyl (C=O) groups is 1. The van der Waals surface area contributed by atoms with E-state index in [4.69, 9.17) is 11.6 Å². The Balaban J connectivity index is 2.39. The van der Waals surface area contributed by atoms with Crippen LogP contribution in [0.4, 0.5) is 9.57 Å². The van der Waals surface area contributed by atoms with Gasteiger partial charge in [-0.3, -0.25) is 4.79 Å². The van der Waals surface area contributed by atoms with Crippen LogP contribution in [0.3, 0.4) is 0 Å². The zero-order chi connectivity index (χ0) is 15.6. The molecule has 2 aromatic rings. The standard InChI is InChI=1S/C13H8BrClFNO3S/c14-8-5-6-10(15)9(7-8)13(18)17-11-3-1-2-4-12(11)21(16,19)20/h1-7H,(H,17,18). The quantitative estimate of drug-likeness (QED) is 0.803. The maximum atomic E-state index is 13.2. The molecule has 21 heavy (non-hydrogen) atoms. The number of carbonyl (C=O) groups excluding carboxylic acids is 1. The molecule has 0 bridgehead atoms. The van der Waals surface area contributed by atoms with Crippen molar-refractivity contribution in [2.24, 2.45) is 0 Å². The molecule has 0 aliphatic heterocycles. The Hall–Kier alpha value is -1.44. The lowest BCUT2D eigenvalue weighted by atomic mass is 10.2. The van der Waals surface area contributed by atoms with E-state index in [1.54, 1.807) is 6.07 Å². The van der Waals surface area contributed by atoms with Crippen LogP contribution in [-0.2, 0) is 10.2 Å². The van der Waals surface area contributed by atoms with Gasteiger partial charge >= 0.3 is 10.2 Å². The zero-order valence-corrected chi connectivity index (χ0v) is 13.5. The van der Waals surface area contributed by atoms with E-state index in [0.29, 0.717) is 4.47 Å².